The minimum Gasteiger partial charge on any atom is -0.392 e. The van der Waals surface area contributed by atoms with Crippen molar-refractivity contribution in [2.45, 2.75) is 32.4 Å². The lowest BCUT2D eigenvalue weighted by Gasteiger charge is -2.37. The monoisotopic (exact) mass is 337 g/mol. The van der Waals surface area contributed by atoms with Gasteiger partial charge in [-0.1, -0.05) is 18.3 Å². The summed E-state index contributed by atoms with van der Waals surface area (Å²) in [4.78, 5) is 18.7. The maximum absolute atomic E-state index is 13.2. The number of carbonyl (C=O) groups excluding carboxylic acids is 1. The number of fused-ring (bicyclic) bond motifs is 1. The maximum atomic E-state index is 13.2. The van der Waals surface area contributed by atoms with Crippen LogP contribution >= 0.6 is 11.3 Å². The van der Waals surface area contributed by atoms with Crippen molar-refractivity contribution >= 4 is 32.6 Å². The molecule has 1 aliphatic heterocycles. The molecule has 2 heterocycles. The van der Waals surface area contributed by atoms with E-state index >= 15 is 0 Å². The summed E-state index contributed by atoms with van der Waals surface area (Å²) in [5, 5.41) is 13.2. The topological polar surface area (TPSA) is 65.5 Å². The molecular formula is C16H20FN3O2S. The lowest BCUT2D eigenvalue weighted by Crippen LogP contribution is -2.50. The van der Waals surface area contributed by atoms with Gasteiger partial charge >= 0.3 is 0 Å². The highest BCUT2D eigenvalue weighted by Crippen LogP contribution is 2.27. The van der Waals surface area contributed by atoms with Crippen molar-refractivity contribution < 1.29 is 14.3 Å². The van der Waals surface area contributed by atoms with Crippen molar-refractivity contribution in [3.63, 3.8) is 0 Å². The number of anilines is 1. The number of carbonyl (C=O) groups is 1. The molecule has 5 nitrogen and oxygen atoms in total. The fraction of sp³-hybridized carbons (Fsp3) is 0.500. The number of hydrogen-bond acceptors (Lipinski definition) is 5. The van der Waals surface area contributed by atoms with E-state index in [0.29, 0.717) is 21.9 Å². The lowest BCUT2D eigenvalue weighted by molar-refractivity contribution is -0.122. The third-order valence-corrected chi connectivity index (χ3v) is 5.39. The number of hydrogen-bond donors (Lipinski definition) is 2. The van der Waals surface area contributed by atoms with E-state index in [9.17, 15) is 14.3 Å². The van der Waals surface area contributed by atoms with Gasteiger partial charge in [0.25, 0.3) is 0 Å². The van der Waals surface area contributed by atoms with Gasteiger partial charge in [-0.3, -0.25) is 9.69 Å². The van der Waals surface area contributed by atoms with Crippen molar-refractivity contribution in [1.29, 1.82) is 0 Å². The SMILES string of the molecule is CC1CCN(C(C)C(=O)Nc2nc3ccc(F)cc3s2)CC1O. The zero-order valence-electron chi connectivity index (χ0n) is 13.1. The predicted molar refractivity (Wildman–Crippen MR) is 89.0 cm³/mol. The van der Waals surface area contributed by atoms with Gasteiger partial charge < -0.3 is 10.4 Å². The van der Waals surface area contributed by atoms with Crippen molar-refractivity contribution in [2.75, 3.05) is 18.4 Å². The van der Waals surface area contributed by atoms with Crippen LogP contribution in [0.15, 0.2) is 18.2 Å². The molecule has 0 aliphatic carbocycles. The first kappa shape index (κ1) is 16.3. The molecule has 1 amide bonds. The van der Waals surface area contributed by atoms with Gasteiger partial charge in [-0.15, -0.1) is 0 Å². The summed E-state index contributed by atoms with van der Waals surface area (Å²) in [5.41, 5.74) is 0.668. The molecule has 0 radical (unpaired) electrons. The Bertz CT molecular complexity index is 720. The molecule has 1 aliphatic rings. The molecule has 124 valence electrons. The zero-order valence-corrected chi connectivity index (χ0v) is 13.9. The standard InChI is InChI=1S/C16H20FN3O2S/c1-9-5-6-20(8-13(9)21)10(2)15(22)19-16-18-12-4-3-11(17)7-14(12)23-16/h3-4,7,9-10,13,21H,5-6,8H2,1-2H3,(H,18,19,22). The number of aliphatic hydroxyl groups is 1. The van der Waals surface area contributed by atoms with Crippen molar-refractivity contribution in [2.24, 2.45) is 5.92 Å². The normalized spacial score (nSPS) is 23.8. The van der Waals surface area contributed by atoms with E-state index in [2.05, 4.69) is 10.3 Å². The van der Waals surface area contributed by atoms with E-state index in [-0.39, 0.29) is 23.7 Å². The number of likely N-dealkylation sites (tertiary alicyclic amines) is 1. The van der Waals surface area contributed by atoms with Gasteiger partial charge in [0.15, 0.2) is 5.13 Å². The van der Waals surface area contributed by atoms with Crippen LogP contribution in [-0.4, -0.2) is 46.1 Å². The van der Waals surface area contributed by atoms with Crippen molar-refractivity contribution in [3.8, 4) is 0 Å². The molecule has 2 aromatic rings. The van der Waals surface area contributed by atoms with E-state index < -0.39 is 6.10 Å². The van der Waals surface area contributed by atoms with Gasteiger partial charge in [0.05, 0.1) is 22.4 Å². The van der Waals surface area contributed by atoms with Crippen LogP contribution in [0.25, 0.3) is 10.2 Å². The van der Waals surface area contributed by atoms with E-state index in [1.54, 1.807) is 6.07 Å². The van der Waals surface area contributed by atoms with E-state index in [4.69, 9.17) is 0 Å². The first-order valence-corrected chi connectivity index (χ1v) is 8.55. The minimum atomic E-state index is -0.399. The summed E-state index contributed by atoms with van der Waals surface area (Å²) in [6.07, 6.45) is 0.476. The Balaban J connectivity index is 1.67. The Hall–Kier alpha value is -1.57. The second kappa shape index (κ2) is 6.51. The molecule has 23 heavy (non-hydrogen) atoms. The Morgan fingerprint density at radius 2 is 2.35 bits per heavy atom. The van der Waals surface area contributed by atoms with Crippen LogP contribution in [0.2, 0.25) is 0 Å². The molecule has 0 spiro atoms. The lowest BCUT2D eigenvalue weighted by atomic mass is 9.95. The second-order valence-electron chi connectivity index (χ2n) is 6.12. The number of piperidine rings is 1. The van der Waals surface area contributed by atoms with E-state index in [1.807, 2.05) is 18.7 Å². The number of nitrogens with one attached hydrogen (secondary N) is 1. The summed E-state index contributed by atoms with van der Waals surface area (Å²) in [6, 6.07) is 4.02. The summed E-state index contributed by atoms with van der Waals surface area (Å²) >= 11 is 1.25. The van der Waals surface area contributed by atoms with Gasteiger partial charge in [-0.05, 0) is 44.0 Å². The van der Waals surface area contributed by atoms with Crippen molar-refractivity contribution in [1.82, 2.24) is 9.88 Å². The number of aliphatic hydroxyl groups excluding tert-OH is 1. The smallest absolute Gasteiger partial charge is 0.243 e. The Labute approximate surface area is 138 Å². The van der Waals surface area contributed by atoms with Gasteiger partial charge in [0.2, 0.25) is 5.91 Å². The summed E-state index contributed by atoms with van der Waals surface area (Å²) < 4.78 is 13.9. The van der Waals surface area contributed by atoms with Gasteiger partial charge in [-0.25, -0.2) is 9.37 Å². The number of thiazole rings is 1. The Kier molecular flexibility index (Phi) is 4.61. The summed E-state index contributed by atoms with van der Waals surface area (Å²) in [5.74, 6) is -0.212. The third-order valence-electron chi connectivity index (χ3n) is 4.46. The van der Waals surface area contributed by atoms with Gasteiger partial charge in [-0.2, -0.15) is 0 Å². The zero-order chi connectivity index (χ0) is 16.6. The highest BCUT2D eigenvalue weighted by molar-refractivity contribution is 7.22. The van der Waals surface area contributed by atoms with Gasteiger partial charge in [0, 0.05) is 6.54 Å². The van der Waals surface area contributed by atoms with Crippen LogP contribution < -0.4 is 5.32 Å². The molecule has 3 rings (SSSR count). The van der Waals surface area contributed by atoms with E-state index in [0.717, 1.165) is 13.0 Å². The largest absolute Gasteiger partial charge is 0.392 e. The molecule has 7 heteroatoms. The number of benzene rings is 1. The first-order valence-electron chi connectivity index (χ1n) is 7.73. The third kappa shape index (κ3) is 3.52. The molecule has 1 fully saturated rings. The summed E-state index contributed by atoms with van der Waals surface area (Å²) in [6.45, 7) is 5.14. The number of nitrogens with zero attached hydrogens (tertiary/aromatic N) is 2. The van der Waals surface area contributed by atoms with Crippen LogP contribution in [0.3, 0.4) is 0 Å². The number of β-amino-alcohol motifs (C(OH)–C–C–N with tert-alkyl or cyclic N) is 1. The molecule has 2 N–H and O–H groups in total. The van der Waals surface area contributed by atoms with Crippen LogP contribution in [0.5, 0.6) is 0 Å². The Morgan fingerprint density at radius 3 is 3.09 bits per heavy atom. The van der Waals surface area contributed by atoms with Crippen LogP contribution in [-0.2, 0) is 4.79 Å². The Morgan fingerprint density at radius 1 is 1.57 bits per heavy atom. The van der Waals surface area contributed by atoms with Gasteiger partial charge in [0.1, 0.15) is 5.82 Å². The first-order chi connectivity index (χ1) is 10.9. The molecular weight excluding hydrogens is 317 g/mol. The average Bonchev–Trinajstić information content (AvgIpc) is 2.90. The average molecular weight is 337 g/mol. The molecule has 1 aromatic heterocycles. The number of aromatic nitrogens is 1. The number of halogens is 1. The fourth-order valence-corrected chi connectivity index (χ4v) is 3.65. The number of rotatable bonds is 3. The van der Waals surface area contributed by atoms with E-state index in [1.165, 1.54) is 23.5 Å². The molecule has 0 saturated carbocycles. The molecule has 3 unspecified atom stereocenters. The van der Waals surface area contributed by atoms with Crippen LogP contribution in [0, 0.1) is 11.7 Å². The molecule has 0 bridgehead atoms. The highest BCUT2D eigenvalue weighted by atomic mass is 32.1. The quantitative estimate of drug-likeness (QED) is 0.903. The molecule has 1 saturated heterocycles. The summed E-state index contributed by atoms with van der Waals surface area (Å²) in [7, 11) is 0. The predicted octanol–water partition coefficient (Wildman–Crippen LogP) is 2.47. The number of amides is 1. The highest BCUT2D eigenvalue weighted by Gasteiger charge is 2.30. The minimum absolute atomic E-state index is 0.161. The molecule has 3 atom stereocenters. The molecule has 1 aromatic carbocycles. The maximum Gasteiger partial charge on any atom is 0.243 e. The second-order valence-corrected chi connectivity index (χ2v) is 7.16. The van der Waals surface area contributed by atoms with Crippen LogP contribution in [0.4, 0.5) is 9.52 Å². The fourth-order valence-electron chi connectivity index (χ4n) is 2.75. The van der Waals surface area contributed by atoms with Crippen molar-refractivity contribution in [3.05, 3.63) is 24.0 Å². The van der Waals surface area contributed by atoms with Crippen LogP contribution in [0.1, 0.15) is 20.3 Å².